The summed E-state index contributed by atoms with van der Waals surface area (Å²) >= 11 is 0. The number of nitrogens with two attached hydrogens (primary N) is 1. The lowest BCUT2D eigenvalue weighted by atomic mass is 9.87. The predicted molar refractivity (Wildman–Crippen MR) is 86.9 cm³/mol. The summed E-state index contributed by atoms with van der Waals surface area (Å²) in [6.07, 6.45) is 2.60. The first kappa shape index (κ1) is 14.6. The molecule has 3 rings (SSSR count). The number of likely N-dealkylation sites (tertiary alicyclic amines) is 1. The highest BCUT2D eigenvalue weighted by Gasteiger charge is 2.23. The quantitative estimate of drug-likeness (QED) is 0.930. The molecule has 21 heavy (non-hydrogen) atoms. The molecule has 1 aromatic heterocycles. The molecule has 1 saturated heterocycles. The molecule has 0 aliphatic carbocycles. The van der Waals surface area contributed by atoms with Gasteiger partial charge in [-0.25, -0.2) is 0 Å². The summed E-state index contributed by atoms with van der Waals surface area (Å²) < 4.78 is 6.05. The number of rotatable bonds is 4. The van der Waals surface area contributed by atoms with Crippen molar-refractivity contribution in [1.82, 2.24) is 4.90 Å². The average molecular weight is 286 g/mol. The summed E-state index contributed by atoms with van der Waals surface area (Å²) in [5.74, 6) is 2.74. The summed E-state index contributed by atoms with van der Waals surface area (Å²) in [6.45, 7) is 8.47. The molecule has 1 aliphatic heterocycles. The molecule has 1 fully saturated rings. The van der Waals surface area contributed by atoms with E-state index >= 15 is 0 Å². The number of hydrogen-bond donors (Lipinski definition) is 1. The maximum absolute atomic E-state index is 6.05. The zero-order valence-electron chi connectivity index (χ0n) is 13.1. The molecule has 0 unspecified atom stereocenters. The third kappa shape index (κ3) is 2.99. The van der Waals surface area contributed by atoms with Crippen molar-refractivity contribution < 1.29 is 4.42 Å². The number of hydrogen-bond acceptors (Lipinski definition) is 3. The largest absolute Gasteiger partial charge is 0.459 e. The van der Waals surface area contributed by atoms with Gasteiger partial charge in [-0.3, -0.25) is 4.90 Å². The predicted octanol–water partition coefficient (Wildman–Crippen LogP) is 3.76. The summed E-state index contributed by atoms with van der Waals surface area (Å²) in [4.78, 5) is 2.51. The SMILES string of the molecule is CC(C)C1CCN(Cc2oc3ccccc3c2CN)CC1. The Labute approximate surface area is 127 Å². The van der Waals surface area contributed by atoms with Gasteiger partial charge < -0.3 is 10.2 Å². The second kappa shape index (κ2) is 6.20. The first-order chi connectivity index (χ1) is 10.2. The first-order valence-electron chi connectivity index (χ1n) is 8.10. The van der Waals surface area contributed by atoms with Gasteiger partial charge in [-0.05, 0) is 43.8 Å². The maximum Gasteiger partial charge on any atom is 0.134 e. The van der Waals surface area contributed by atoms with Gasteiger partial charge in [-0.15, -0.1) is 0 Å². The van der Waals surface area contributed by atoms with Crippen molar-refractivity contribution in [2.24, 2.45) is 17.6 Å². The zero-order chi connectivity index (χ0) is 14.8. The van der Waals surface area contributed by atoms with Gasteiger partial charge in [0, 0.05) is 17.5 Å². The Hall–Kier alpha value is -1.32. The lowest BCUT2D eigenvalue weighted by molar-refractivity contribution is 0.144. The molecule has 1 aliphatic rings. The molecule has 2 heterocycles. The molecule has 2 aromatic rings. The van der Waals surface area contributed by atoms with Crippen LogP contribution in [0.5, 0.6) is 0 Å². The molecule has 114 valence electrons. The van der Waals surface area contributed by atoms with Crippen molar-refractivity contribution in [2.45, 2.75) is 39.8 Å². The highest BCUT2D eigenvalue weighted by molar-refractivity contribution is 5.82. The van der Waals surface area contributed by atoms with Gasteiger partial charge in [-0.2, -0.15) is 0 Å². The van der Waals surface area contributed by atoms with E-state index in [2.05, 4.69) is 30.9 Å². The van der Waals surface area contributed by atoms with Crippen LogP contribution in [0.3, 0.4) is 0 Å². The minimum Gasteiger partial charge on any atom is -0.459 e. The lowest BCUT2D eigenvalue weighted by Gasteiger charge is -2.33. The van der Waals surface area contributed by atoms with Crippen LogP contribution >= 0.6 is 0 Å². The van der Waals surface area contributed by atoms with Crippen LogP contribution in [0.2, 0.25) is 0 Å². The fourth-order valence-corrected chi connectivity index (χ4v) is 3.48. The van der Waals surface area contributed by atoms with Crippen LogP contribution in [0, 0.1) is 11.8 Å². The van der Waals surface area contributed by atoms with Gasteiger partial charge in [0.05, 0.1) is 6.54 Å². The molecule has 0 atom stereocenters. The number of para-hydroxylation sites is 1. The zero-order valence-corrected chi connectivity index (χ0v) is 13.1. The molecule has 0 spiro atoms. The van der Waals surface area contributed by atoms with E-state index < -0.39 is 0 Å². The van der Waals surface area contributed by atoms with Crippen LogP contribution in [0.15, 0.2) is 28.7 Å². The maximum atomic E-state index is 6.05. The third-order valence-corrected chi connectivity index (χ3v) is 4.93. The average Bonchev–Trinajstić information content (AvgIpc) is 2.84. The second-order valence-electron chi connectivity index (χ2n) is 6.56. The molecule has 3 heteroatoms. The van der Waals surface area contributed by atoms with Crippen LogP contribution in [0.1, 0.15) is 38.0 Å². The van der Waals surface area contributed by atoms with E-state index in [9.17, 15) is 0 Å². The number of nitrogens with zero attached hydrogens (tertiary/aromatic N) is 1. The van der Waals surface area contributed by atoms with Crippen molar-refractivity contribution in [2.75, 3.05) is 13.1 Å². The molecule has 3 nitrogen and oxygen atoms in total. The van der Waals surface area contributed by atoms with Crippen molar-refractivity contribution >= 4 is 11.0 Å². The molecule has 1 aromatic carbocycles. The monoisotopic (exact) mass is 286 g/mol. The van der Waals surface area contributed by atoms with Crippen molar-refractivity contribution in [3.63, 3.8) is 0 Å². The summed E-state index contributed by atoms with van der Waals surface area (Å²) in [6, 6.07) is 8.21. The molecule has 0 radical (unpaired) electrons. The van der Waals surface area contributed by atoms with Crippen molar-refractivity contribution in [3.05, 3.63) is 35.6 Å². The van der Waals surface area contributed by atoms with Gasteiger partial charge in [0.15, 0.2) is 0 Å². The van der Waals surface area contributed by atoms with E-state index in [1.165, 1.54) is 36.9 Å². The van der Waals surface area contributed by atoms with Gasteiger partial charge in [-0.1, -0.05) is 32.0 Å². The van der Waals surface area contributed by atoms with Gasteiger partial charge in [0.1, 0.15) is 11.3 Å². The number of furan rings is 1. The van der Waals surface area contributed by atoms with Crippen LogP contribution in [0.4, 0.5) is 0 Å². The smallest absolute Gasteiger partial charge is 0.134 e. The first-order valence-corrected chi connectivity index (χ1v) is 8.10. The third-order valence-electron chi connectivity index (χ3n) is 4.93. The highest BCUT2D eigenvalue weighted by Crippen LogP contribution is 2.29. The minimum absolute atomic E-state index is 0.550. The Morgan fingerprint density at radius 2 is 1.95 bits per heavy atom. The normalized spacial score (nSPS) is 17.9. The summed E-state index contributed by atoms with van der Waals surface area (Å²) in [5, 5.41) is 1.17. The fraction of sp³-hybridized carbons (Fsp3) is 0.556. The van der Waals surface area contributed by atoms with Gasteiger partial charge in [0.25, 0.3) is 0 Å². The number of benzene rings is 1. The van der Waals surface area contributed by atoms with Crippen LogP contribution in [0.25, 0.3) is 11.0 Å². The van der Waals surface area contributed by atoms with Crippen LogP contribution in [-0.2, 0) is 13.1 Å². The molecular formula is C18H26N2O. The molecule has 2 N–H and O–H groups in total. The van der Waals surface area contributed by atoms with E-state index in [1.807, 2.05) is 12.1 Å². The van der Waals surface area contributed by atoms with Gasteiger partial charge >= 0.3 is 0 Å². The molecule has 0 saturated carbocycles. The second-order valence-corrected chi connectivity index (χ2v) is 6.56. The Morgan fingerprint density at radius 1 is 1.24 bits per heavy atom. The molecular weight excluding hydrogens is 260 g/mol. The Kier molecular flexibility index (Phi) is 4.32. The van der Waals surface area contributed by atoms with Crippen LogP contribution in [-0.4, -0.2) is 18.0 Å². The van der Waals surface area contributed by atoms with Crippen molar-refractivity contribution in [1.29, 1.82) is 0 Å². The summed E-state index contributed by atoms with van der Waals surface area (Å²) in [5.41, 5.74) is 8.09. The van der Waals surface area contributed by atoms with E-state index in [-0.39, 0.29) is 0 Å². The standard InChI is InChI=1S/C18H26N2O/c1-13(2)14-7-9-20(10-8-14)12-18-16(11-19)15-5-3-4-6-17(15)21-18/h3-6,13-14H,7-12,19H2,1-2H3. The minimum atomic E-state index is 0.550. The summed E-state index contributed by atoms with van der Waals surface area (Å²) in [7, 11) is 0. The Balaban J connectivity index is 1.74. The van der Waals surface area contributed by atoms with E-state index in [4.69, 9.17) is 10.2 Å². The lowest BCUT2D eigenvalue weighted by Crippen LogP contribution is -2.34. The Bertz CT molecular complexity index is 594. The van der Waals surface area contributed by atoms with E-state index in [0.29, 0.717) is 6.54 Å². The molecule has 0 bridgehead atoms. The van der Waals surface area contributed by atoms with Crippen molar-refractivity contribution in [3.8, 4) is 0 Å². The number of fused-ring (bicyclic) bond motifs is 1. The van der Waals surface area contributed by atoms with Gasteiger partial charge in [0.2, 0.25) is 0 Å². The topological polar surface area (TPSA) is 42.4 Å². The number of piperidine rings is 1. The van der Waals surface area contributed by atoms with E-state index in [1.54, 1.807) is 0 Å². The van der Waals surface area contributed by atoms with E-state index in [0.717, 1.165) is 29.7 Å². The fourth-order valence-electron chi connectivity index (χ4n) is 3.48. The van der Waals surface area contributed by atoms with Crippen LogP contribution < -0.4 is 5.73 Å². The Morgan fingerprint density at radius 3 is 2.62 bits per heavy atom. The molecule has 0 amide bonds. The highest BCUT2D eigenvalue weighted by atomic mass is 16.3.